The molecular formula is C13H7BrF6MgO. The molecular weight excluding hydrogens is 390 g/mol. The van der Waals surface area contributed by atoms with Gasteiger partial charge in [-0.05, 0) is 12.1 Å². The molecule has 1 nitrogen and oxygen atoms in total. The van der Waals surface area contributed by atoms with Crippen LogP contribution in [0.3, 0.4) is 0 Å². The third-order valence-corrected chi connectivity index (χ3v) is 2.84. The first-order valence-electron chi connectivity index (χ1n) is 5.37. The molecule has 0 N–H and O–H groups in total. The van der Waals surface area contributed by atoms with Crippen molar-refractivity contribution in [3.63, 3.8) is 0 Å². The Morgan fingerprint density at radius 2 is 1.27 bits per heavy atom. The predicted octanol–water partition coefficient (Wildman–Crippen LogP) is 4.22. The second kappa shape index (κ2) is 7.09. The standard InChI is InChI=1S/C13H5BrF6O.Mg.2H/c14-6-1-10(17)12(11(18)2-6)13(19,20)21-9-4-7(15)3-8(16)5-9;;;/h1-5H;;;. The van der Waals surface area contributed by atoms with Crippen LogP contribution in [0, 0.1) is 23.3 Å². The van der Waals surface area contributed by atoms with Crippen LogP contribution in [0.5, 0.6) is 5.75 Å². The number of halogens is 7. The van der Waals surface area contributed by atoms with Gasteiger partial charge in [0, 0.05) is 22.7 Å². The van der Waals surface area contributed by atoms with Crippen LogP contribution in [-0.4, -0.2) is 23.1 Å². The van der Waals surface area contributed by atoms with Gasteiger partial charge in [-0.25, -0.2) is 17.6 Å². The Hall–Kier alpha value is -0.934. The van der Waals surface area contributed by atoms with Crippen LogP contribution in [0.15, 0.2) is 34.8 Å². The van der Waals surface area contributed by atoms with Crippen molar-refractivity contribution in [3.8, 4) is 5.75 Å². The molecule has 22 heavy (non-hydrogen) atoms. The molecule has 0 bridgehead atoms. The molecule has 0 aliphatic rings. The van der Waals surface area contributed by atoms with Crippen LogP contribution in [0.2, 0.25) is 0 Å². The first-order chi connectivity index (χ1) is 9.69. The summed E-state index contributed by atoms with van der Waals surface area (Å²) in [6, 6.07) is 2.59. The summed E-state index contributed by atoms with van der Waals surface area (Å²) in [5.41, 5.74) is -1.66. The van der Waals surface area contributed by atoms with Gasteiger partial charge < -0.3 is 4.74 Å². The molecule has 0 heterocycles. The molecule has 2 rings (SSSR count). The fourth-order valence-corrected chi connectivity index (χ4v) is 2.01. The molecule has 0 fully saturated rings. The van der Waals surface area contributed by atoms with Crippen LogP contribution in [0.1, 0.15) is 5.56 Å². The van der Waals surface area contributed by atoms with Crippen LogP contribution >= 0.6 is 15.9 Å². The zero-order chi connectivity index (χ0) is 15.8. The van der Waals surface area contributed by atoms with Gasteiger partial charge in [-0.1, -0.05) is 15.9 Å². The summed E-state index contributed by atoms with van der Waals surface area (Å²) in [5.74, 6) is -6.37. The van der Waals surface area contributed by atoms with Gasteiger partial charge in [0.2, 0.25) is 0 Å². The molecule has 0 radical (unpaired) electrons. The summed E-state index contributed by atoms with van der Waals surface area (Å²) >= 11 is 2.73. The molecule has 2 aromatic rings. The highest BCUT2D eigenvalue weighted by molar-refractivity contribution is 9.10. The molecule has 0 unspecified atom stereocenters. The molecule has 0 saturated heterocycles. The van der Waals surface area contributed by atoms with Gasteiger partial charge in [-0.15, -0.1) is 0 Å². The smallest absolute Gasteiger partial charge is 0.429 e. The van der Waals surface area contributed by atoms with E-state index in [2.05, 4.69) is 20.7 Å². The number of hydrogen-bond acceptors (Lipinski definition) is 1. The Labute approximate surface area is 145 Å². The van der Waals surface area contributed by atoms with Gasteiger partial charge in [-0.2, -0.15) is 8.78 Å². The fraction of sp³-hybridized carbons (Fsp3) is 0.0769. The van der Waals surface area contributed by atoms with Gasteiger partial charge in [0.1, 0.15) is 34.6 Å². The summed E-state index contributed by atoms with van der Waals surface area (Å²) in [4.78, 5) is 0. The van der Waals surface area contributed by atoms with E-state index in [1.54, 1.807) is 0 Å². The van der Waals surface area contributed by atoms with Crippen molar-refractivity contribution in [1.82, 2.24) is 0 Å². The lowest BCUT2D eigenvalue weighted by atomic mass is 10.2. The van der Waals surface area contributed by atoms with Gasteiger partial charge >= 0.3 is 29.2 Å². The van der Waals surface area contributed by atoms with Gasteiger partial charge in [-0.3, -0.25) is 0 Å². The Morgan fingerprint density at radius 1 is 0.818 bits per heavy atom. The van der Waals surface area contributed by atoms with Crippen molar-refractivity contribution in [2.75, 3.05) is 0 Å². The van der Waals surface area contributed by atoms with Crippen molar-refractivity contribution >= 4 is 39.0 Å². The maximum Gasteiger partial charge on any atom is 0.432 e. The lowest BCUT2D eigenvalue weighted by Gasteiger charge is -2.19. The van der Waals surface area contributed by atoms with E-state index in [0.29, 0.717) is 30.3 Å². The molecule has 9 heteroatoms. The Bertz CT molecular complexity index is 651. The van der Waals surface area contributed by atoms with Crippen LogP contribution in [0.25, 0.3) is 0 Å². The molecule has 0 atom stereocenters. The van der Waals surface area contributed by atoms with Crippen LogP contribution in [-0.2, 0) is 6.11 Å². The van der Waals surface area contributed by atoms with Crippen molar-refractivity contribution in [2.24, 2.45) is 0 Å². The van der Waals surface area contributed by atoms with E-state index >= 15 is 0 Å². The van der Waals surface area contributed by atoms with Crippen molar-refractivity contribution in [1.29, 1.82) is 0 Å². The molecule has 116 valence electrons. The van der Waals surface area contributed by atoms with Gasteiger partial charge in [0.05, 0.1) is 0 Å². The largest absolute Gasteiger partial charge is 0.432 e. The number of alkyl halides is 2. The van der Waals surface area contributed by atoms with Crippen molar-refractivity contribution in [3.05, 3.63) is 63.6 Å². The average Bonchev–Trinajstić information content (AvgIpc) is 2.23. The molecule has 0 aliphatic carbocycles. The van der Waals surface area contributed by atoms with E-state index < -0.39 is 40.7 Å². The average molecular weight is 397 g/mol. The van der Waals surface area contributed by atoms with E-state index in [9.17, 15) is 26.3 Å². The van der Waals surface area contributed by atoms with Crippen molar-refractivity contribution in [2.45, 2.75) is 6.11 Å². The number of ether oxygens (including phenoxy) is 1. The second-order valence-electron chi connectivity index (χ2n) is 3.97. The first kappa shape index (κ1) is 19.1. The van der Waals surface area contributed by atoms with Gasteiger partial charge in [0.15, 0.2) is 0 Å². The molecule has 2 aromatic carbocycles. The Kier molecular flexibility index (Phi) is 6.16. The summed E-state index contributed by atoms with van der Waals surface area (Å²) in [6.45, 7) is 0. The molecule has 0 saturated carbocycles. The molecule has 0 aromatic heterocycles. The normalized spacial score (nSPS) is 11.0. The summed E-state index contributed by atoms with van der Waals surface area (Å²) in [7, 11) is 0. The van der Waals surface area contributed by atoms with Gasteiger partial charge in [0.25, 0.3) is 0 Å². The minimum absolute atomic E-state index is 0. The topological polar surface area (TPSA) is 9.23 Å². The molecule has 0 aliphatic heterocycles. The quantitative estimate of drug-likeness (QED) is 0.557. The highest BCUT2D eigenvalue weighted by Crippen LogP contribution is 2.36. The first-order valence-corrected chi connectivity index (χ1v) is 6.16. The second-order valence-corrected chi connectivity index (χ2v) is 4.88. The number of rotatable bonds is 3. The van der Waals surface area contributed by atoms with Crippen LogP contribution < -0.4 is 4.74 Å². The van der Waals surface area contributed by atoms with E-state index in [0.717, 1.165) is 0 Å². The highest BCUT2D eigenvalue weighted by Gasteiger charge is 2.41. The minimum Gasteiger partial charge on any atom is -0.429 e. The van der Waals surface area contributed by atoms with E-state index in [4.69, 9.17) is 0 Å². The monoisotopic (exact) mass is 396 g/mol. The SMILES string of the molecule is Fc1cc(F)cc(OC(F)(F)c2c(F)cc(Br)cc2F)c1.[MgH2]. The number of benzene rings is 2. The summed E-state index contributed by atoms with van der Waals surface area (Å²) in [6.07, 6.45) is -4.45. The third kappa shape index (κ3) is 4.29. The maximum atomic E-state index is 13.8. The minimum atomic E-state index is -4.45. The Morgan fingerprint density at radius 3 is 1.73 bits per heavy atom. The zero-order valence-corrected chi connectivity index (χ0v) is 11.5. The van der Waals surface area contributed by atoms with Crippen molar-refractivity contribution < 1.29 is 31.1 Å². The summed E-state index contributed by atoms with van der Waals surface area (Å²) in [5, 5.41) is 0. The lowest BCUT2D eigenvalue weighted by molar-refractivity contribution is -0.189. The van der Waals surface area contributed by atoms with Crippen LogP contribution in [0.4, 0.5) is 26.3 Å². The van der Waals surface area contributed by atoms with E-state index in [-0.39, 0.29) is 27.5 Å². The Balaban J connectivity index is 0.00000242. The lowest BCUT2D eigenvalue weighted by Crippen LogP contribution is -2.25. The zero-order valence-electron chi connectivity index (χ0n) is 9.94. The fourth-order valence-electron chi connectivity index (χ4n) is 1.61. The summed E-state index contributed by atoms with van der Waals surface area (Å²) < 4.78 is 84.3. The third-order valence-electron chi connectivity index (χ3n) is 2.38. The molecule has 0 spiro atoms. The number of hydrogen-bond donors (Lipinski definition) is 0. The molecule has 0 amide bonds. The predicted molar refractivity (Wildman–Crippen MR) is 73.5 cm³/mol. The van der Waals surface area contributed by atoms with E-state index in [1.165, 1.54) is 0 Å². The van der Waals surface area contributed by atoms with E-state index in [1.807, 2.05) is 0 Å². The maximum absolute atomic E-state index is 13.8. The highest BCUT2D eigenvalue weighted by atomic mass is 79.9.